The molecule has 1 aliphatic heterocycles. The fraction of sp³-hybridized carbons (Fsp3) is 0.214. The predicted octanol–water partition coefficient (Wildman–Crippen LogP) is 3.62. The average molecular weight is 501 g/mol. The van der Waals surface area contributed by atoms with E-state index in [9.17, 15) is 19.5 Å². The molecule has 0 aliphatic carbocycles. The fourth-order valence-electron chi connectivity index (χ4n) is 4.26. The molecule has 9 nitrogen and oxygen atoms in total. The van der Waals surface area contributed by atoms with Gasteiger partial charge in [-0.3, -0.25) is 19.9 Å². The van der Waals surface area contributed by atoms with Gasteiger partial charge in [0, 0.05) is 16.8 Å². The van der Waals surface area contributed by atoms with Gasteiger partial charge in [0.05, 0.1) is 17.7 Å². The molecule has 3 aromatic rings. The zero-order valence-corrected chi connectivity index (χ0v) is 20.6. The lowest BCUT2D eigenvalue weighted by Gasteiger charge is -2.30. The van der Waals surface area contributed by atoms with Crippen molar-refractivity contribution in [2.75, 3.05) is 18.5 Å². The van der Waals surface area contributed by atoms with Crippen LogP contribution in [0.25, 0.3) is 0 Å². The van der Waals surface area contributed by atoms with E-state index in [2.05, 4.69) is 5.32 Å². The Labute approximate surface area is 214 Å². The van der Waals surface area contributed by atoms with E-state index in [4.69, 9.17) is 15.9 Å². The van der Waals surface area contributed by atoms with Crippen LogP contribution in [0.5, 0.6) is 5.75 Å². The van der Waals surface area contributed by atoms with Crippen LogP contribution in [-0.2, 0) is 16.8 Å². The number of carboxylic acid groups (broad SMARTS) is 1. The van der Waals surface area contributed by atoms with Crippen LogP contribution in [0.1, 0.15) is 51.3 Å². The number of benzene rings is 3. The summed E-state index contributed by atoms with van der Waals surface area (Å²) in [5, 5.41) is 20.9. The van der Waals surface area contributed by atoms with Crippen LogP contribution in [0.2, 0.25) is 0 Å². The summed E-state index contributed by atoms with van der Waals surface area (Å²) in [6.45, 7) is 3.52. The van der Waals surface area contributed by atoms with Crippen LogP contribution in [0, 0.1) is 5.41 Å². The summed E-state index contributed by atoms with van der Waals surface area (Å²) in [6.07, 6.45) is 0.686. The number of aryl methyl sites for hydroxylation is 1. The van der Waals surface area contributed by atoms with Gasteiger partial charge in [-0.25, -0.2) is 4.79 Å². The Hall–Kier alpha value is -4.66. The average Bonchev–Trinajstić information content (AvgIpc) is 3.14. The molecule has 0 radical (unpaired) electrons. The van der Waals surface area contributed by atoms with Gasteiger partial charge in [0.2, 0.25) is 0 Å². The van der Waals surface area contributed by atoms with Gasteiger partial charge in [-0.1, -0.05) is 25.1 Å². The predicted molar refractivity (Wildman–Crippen MR) is 139 cm³/mol. The number of ether oxygens (including phenoxy) is 1. The number of amidine groups is 1. The number of imide groups is 1. The molecule has 9 heteroatoms. The lowest BCUT2D eigenvalue weighted by atomic mass is 9.89. The highest BCUT2D eigenvalue weighted by molar-refractivity contribution is 6.21. The van der Waals surface area contributed by atoms with Crippen molar-refractivity contribution in [2.24, 2.45) is 5.73 Å². The normalized spacial score (nSPS) is 14.2. The first-order valence-corrected chi connectivity index (χ1v) is 11.8. The summed E-state index contributed by atoms with van der Waals surface area (Å²) in [4.78, 5) is 39.0. The second-order valence-electron chi connectivity index (χ2n) is 8.89. The maximum Gasteiger partial charge on any atom is 0.333 e. The third kappa shape index (κ3) is 4.88. The maximum atomic E-state index is 12.7. The molecule has 0 fully saturated rings. The van der Waals surface area contributed by atoms with Crippen molar-refractivity contribution in [3.8, 4) is 5.75 Å². The number of nitrogen functional groups attached to an aromatic ring is 1. The summed E-state index contributed by atoms with van der Waals surface area (Å²) in [6, 6.07) is 18.6. The second-order valence-corrected chi connectivity index (χ2v) is 8.89. The number of carbonyl (C=O) groups is 3. The van der Waals surface area contributed by atoms with Gasteiger partial charge in [0.15, 0.2) is 5.54 Å². The number of nitrogens with two attached hydrogens (primary N) is 1. The van der Waals surface area contributed by atoms with Crippen LogP contribution in [0.4, 0.5) is 5.69 Å². The summed E-state index contributed by atoms with van der Waals surface area (Å²) in [7, 11) is 0. The van der Waals surface area contributed by atoms with Crippen LogP contribution in [0.3, 0.4) is 0 Å². The standard InChI is InChI=1S/C28H28N4O5/c1-3-17-8-13-23(37-15-14-32-25(33)20-6-4-5-7-21(20)26(32)34)22(16-17)28(2,27(35)36)31-19-11-9-18(10-12-19)24(29)30/h4-13,16,31H,3,14-15H2,1-2H3,(H3,29,30)(H,35,36). The van der Waals surface area contributed by atoms with Crippen LogP contribution >= 0.6 is 0 Å². The Balaban J connectivity index is 1.58. The highest BCUT2D eigenvalue weighted by Crippen LogP contribution is 2.35. The van der Waals surface area contributed by atoms with E-state index in [-0.39, 0.29) is 30.8 Å². The van der Waals surface area contributed by atoms with Crippen LogP contribution in [-0.4, -0.2) is 46.8 Å². The lowest BCUT2D eigenvalue weighted by molar-refractivity contribution is -0.142. The number of aliphatic carboxylic acids is 1. The molecule has 190 valence electrons. The summed E-state index contributed by atoms with van der Waals surface area (Å²) in [5.41, 5.74) is 7.03. The molecule has 4 rings (SSSR count). The smallest absolute Gasteiger partial charge is 0.333 e. The number of fused-ring (bicyclic) bond motifs is 1. The quantitative estimate of drug-likeness (QED) is 0.189. The van der Waals surface area contributed by atoms with E-state index < -0.39 is 11.5 Å². The van der Waals surface area contributed by atoms with E-state index in [1.54, 1.807) is 67.6 Å². The topological polar surface area (TPSA) is 146 Å². The molecule has 0 saturated heterocycles. The van der Waals surface area contributed by atoms with Crippen molar-refractivity contribution < 1.29 is 24.2 Å². The Morgan fingerprint density at radius 2 is 1.68 bits per heavy atom. The van der Waals surface area contributed by atoms with E-state index >= 15 is 0 Å². The monoisotopic (exact) mass is 500 g/mol. The molecule has 0 bridgehead atoms. The second kappa shape index (κ2) is 10.1. The van der Waals surface area contributed by atoms with Crippen molar-refractivity contribution in [3.05, 3.63) is 94.5 Å². The molecule has 5 N–H and O–H groups in total. The third-order valence-corrected chi connectivity index (χ3v) is 6.46. The van der Waals surface area contributed by atoms with Gasteiger partial charge in [-0.15, -0.1) is 0 Å². The maximum absolute atomic E-state index is 12.7. The minimum absolute atomic E-state index is 0.00700. The Kier molecular flexibility index (Phi) is 6.97. The Morgan fingerprint density at radius 1 is 1.05 bits per heavy atom. The SMILES string of the molecule is CCc1ccc(OCCN2C(=O)c3ccccc3C2=O)c(C(C)(Nc2ccc(C(=N)N)cc2)C(=O)O)c1. The molecule has 0 aromatic heterocycles. The van der Waals surface area contributed by atoms with Gasteiger partial charge >= 0.3 is 5.97 Å². The highest BCUT2D eigenvalue weighted by Gasteiger charge is 2.39. The molecule has 1 aliphatic rings. The molecule has 0 saturated carbocycles. The molecule has 2 amide bonds. The number of anilines is 1. The highest BCUT2D eigenvalue weighted by atomic mass is 16.5. The Bertz CT molecular complexity index is 1350. The Morgan fingerprint density at radius 3 is 2.22 bits per heavy atom. The summed E-state index contributed by atoms with van der Waals surface area (Å²) in [5.74, 6) is -1.64. The van der Waals surface area contributed by atoms with Gasteiger partial charge < -0.3 is 20.9 Å². The largest absolute Gasteiger partial charge is 0.491 e. The van der Waals surface area contributed by atoms with E-state index in [0.717, 1.165) is 10.5 Å². The van der Waals surface area contributed by atoms with Crippen LogP contribution < -0.4 is 15.8 Å². The van der Waals surface area contributed by atoms with E-state index in [1.807, 2.05) is 13.0 Å². The molecule has 37 heavy (non-hydrogen) atoms. The van der Waals surface area contributed by atoms with Crippen molar-refractivity contribution >= 4 is 29.3 Å². The molecule has 1 unspecified atom stereocenters. The van der Waals surface area contributed by atoms with Crippen molar-refractivity contribution in [2.45, 2.75) is 25.8 Å². The lowest BCUT2D eigenvalue weighted by Crippen LogP contribution is -2.41. The van der Waals surface area contributed by atoms with Gasteiger partial charge in [-0.05, 0) is 67.4 Å². The third-order valence-electron chi connectivity index (χ3n) is 6.46. The first-order chi connectivity index (χ1) is 17.7. The molecule has 0 spiro atoms. The van der Waals surface area contributed by atoms with Crippen molar-refractivity contribution in [1.29, 1.82) is 5.41 Å². The fourth-order valence-corrected chi connectivity index (χ4v) is 4.26. The first-order valence-electron chi connectivity index (χ1n) is 11.8. The van der Waals surface area contributed by atoms with Gasteiger partial charge in [0.25, 0.3) is 11.8 Å². The zero-order chi connectivity index (χ0) is 26.7. The number of nitrogens with one attached hydrogen (secondary N) is 2. The number of amides is 2. The number of hydrogen-bond acceptors (Lipinski definition) is 6. The summed E-state index contributed by atoms with van der Waals surface area (Å²) >= 11 is 0. The number of carboxylic acids is 1. The number of rotatable bonds is 10. The van der Waals surface area contributed by atoms with Crippen molar-refractivity contribution in [1.82, 2.24) is 4.90 Å². The number of nitrogens with zero attached hydrogens (tertiary/aromatic N) is 1. The summed E-state index contributed by atoms with van der Waals surface area (Å²) < 4.78 is 5.98. The number of carbonyl (C=O) groups excluding carboxylic acids is 2. The van der Waals surface area contributed by atoms with Crippen molar-refractivity contribution in [3.63, 3.8) is 0 Å². The molecular formula is C28H28N4O5. The minimum atomic E-state index is -1.58. The molecule has 1 atom stereocenters. The molecular weight excluding hydrogens is 472 g/mol. The minimum Gasteiger partial charge on any atom is -0.491 e. The van der Waals surface area contributed by atoms with Gasteiger partial charge in [0.1, 0.15) is 18.2 Å². The van der Waals surface area contributed by atoms with Crippen LogP contribution in [0.15, 0.2) is 66.7 Å². The first kappa shape index (κ1) is 25.4. The molecule has 3 aromatic carbocycles. The zero-order valence-electron chi connectivity index (χ0n) is 20.6. The van der Waals surface area contributed by atoms with E-state index in [1.165, 1.54) is 0 Å². The molecule has 1 heterocycles. The number of hydrogen-bond donors (Lipinski definition) is 4. The van der Waals surface area contributed by atoms with Gasteiger partial charge in [-0.2, -0.15) is 0 Å². The van der Waals surface area contributed by atoms with E-state index in [0.29, 0.717) is 40.1 Å².